The van der Waals surface area contributed by atoms with Crippen molar-refractivity contribution in [3.8, 4) is 28.4 Å². The first kappa shape index (κ1) is 21.6. The molecule has 0 spiro atoms. The summed E-state index contributed by atoms with van der Waals surface area (Å²) in [6.07, 6.45) is 3.59. The summed E-state index contributed by atoms with van der Waals surface area (Å²) in [5.74, 6) is 2.27. The maximum atomic E-state index is 11.9. The van der Waals surface area contributed by atoms with E-state index in [0.29, 0.717) is 40.4 Å². The van der Waals surface area contributed by atoms with Gasteiger partial charge in [-0.15, -0.1) is 0 Å². The van der Waals surface area contributed by atoms with Crippen molar-refractivity contribution in [1.82, 2.24) is 15.2 Å². The number of ether oxygens (including phenoxy) is 3. The molecule has 0 fully saturated rings. The quantitative estimate of drug-likeness (QED) is 0.323. The number of hydrogen-bond acceptors (Lipinski definition) is 6. The number of methoxy groups -OCH3 is 1. The summed E-state index contributed by atoms with van der Waals surface area (Å²) in [5.41, 5.74) is 6.60. The van der Waals surface area contributed by atoms with Crippen LogP contribution in [0.25, 0.3) is 44.2 Å². The maximum Gasteiger partial charge on any atom is 0.182 e. The molecule has 0 saturated heterocycles. The van der Waals surface area contributed by atoms with Gasteiger partial charge in [0.25, 0.3) is 0 Å². The van der Waals surface area contributed by atoms with Crippen molar-refractivity contribution < 1.29 is 18.6 Å². The molecule has 0 radical (unpaired) electrons. The number of rotatable bonds is 6. The summed E-state index contributed by atoms with van der Waals surface area (Å²) in [6, 6.07) is 16.9. The van der Waals surface area contributed by atoms with Crippen LogP contribution in [0.15, 0.2) is 70.0 Å². The number of hydrogen-bond donors (Lipinski definition) is 2. The molecule has 3 aromatic carbocycles. The molecule has 0 unspecified atom stereocenters. The Kier molecular flexibility index (Phi) is 4.92. The van der Waals surface area contributed by atoms with Crippen molar-refractivity contribution >= 4 is 33.1 Å². The minimum absolute atomic E-state index is 0.108. The van der Waals surface area contributed by atoms with Crippen LogP contribution in [0.5, 0.6) is 17.2 Å². The highest BCUT2D eigenvalue weighted by molar-refractivity contribution is 6.14. The Balaban J connectivity index is 1.24. The van der Waals surface area contributed by atoms with Crippen molar-refractivity contribution in [2.75, 3.05) is 20.3 Å². The zero-order chi connectivity index (χ0) is 24.9. The molecule has 4 heterocycles. The van der Waals surface area contributed by atoms with Crippen LogP contribution in [0, 0.1) is 0 Å². The number of furan rings is 1. The minimum Gasteiger partial charge on any atom is -0.493 e. The summed E-state index contributed by atoms with van der Waals surface area (Å²) in [5, 5.41) is 7.76. The molecular weight excluding hydrogens is 470 g/mol. The SMILES string of the molecule is COc1cc(-c2c3c[nH][nH]c3nc3c2oc2cc(=O)ccc23)ccc1OCCc1ccc2c(c1)CCO2. The van der Waals surface area contributed by atoms with E-state index in [-0.39, 0.29) is 5.43 Å². The van der Waals surface area contributed by atoms with Gasteiger partial charge in [-0.25, -0.2) is 4.98 Å². The Morgan fingerprint density at radius 2 is 1.97 bits per heavy atom. The largest absolute Gasteiger partial charge is 0.493 e. The van der Waals surface area contributed by atoms with Crippen molar-refractivity contribution in [1.29, 1.82) is 0 Å². The van der Waals surface area contributed by atoms with E-state index < -0.39 is 0 Å². The lowest BCUT2D eigenvalue weighted by Gasteiger charge is -2.13. The van der Waals surface area contributed by atoms with E-state index in [1.165, 1.54) is 23.3 Å². The average molecular weight is 494 g/mol. The molecule has 7 rings (SSSR count). The van der Waals surface area contributed by atoms with Gasteiger partial charge in [0.15, 0.2) is 28.2 Å². The molecule has 37 heavy (non-hydrogen) atoms. The van der Waals surface area contributed by atoms with Crippen molar-refractivity contribution in [3.63, 3.8) is 0 Å². The zero-order valence-electron chi connectivity index (χ0n) is 20.1. The number of aromatic nitrogens is 3. The number of fused-ring (bicyclic) bond motifs is 5. The van der Waals surface area contributed by atoms with Gasteiger partial charge in [0.1, 0.15) is 16.8 Å². The number of benzene rings is 3. The van der Waals surface area contributed by atoms with Crippen LogP contribution in [0.3, 0.4) is 0 Å². The number of aromatic amines is 2. The van der Waals surface area contributed by atoms with Gasteiger partial charge in [-0.1, -0.05) is 18.2 Å². The maximum absolute atomic E-state index is 11.9. The number of H-pyrrole nitrogens is 2. The van der Waals surface area contributed by atoms with E-state index in [0.717, 1.165) is 47.1 Å². The highest BCUT2D eigenvalue weighted by atomic mass is 16.5. The molecule has 2 N–H and O–H groups in total. The number of nitrogens with one attached hydrogen (secondary N) is 2. The summed E-state index contributed by atoms with van der Waals surface area (Å²) in [6.45, 7) is 1.27. The van der Waals surface area contributed by atoms with Crippen LogP contribution < -0.4 is 19.6 Å². The van der Waals surface area contributed by atoms with E-state index >= 15 is 0 Å². The highest BCUT2D eigenvalue weighted by Crippen LogP contribution is 2.41. The topological polar surface area (TPSA) is 102 Å². The van der Waals surface area contributed by atoms with E-state index in [1.54, 1.807) is 13.2 Å². The lowest BCUT2D eigenvalue weighted by molar-refractivity contribution is 0.298. The van der Waals surface area contributed by atoms with Crippen molar-refractivity contribution in [3.05, 3.63) is 82.1 Å². The second-order valence-corrected chi connectivity index (χ2v) is 9.11. The fraction of sp³-hybridized carbons (Fsp3) is 0.172. The van der Waals surface area contributed by atoms with Gasteiger partial charge in [0.2, 0.25) is 0 Å². The number of nitrogens with zero attached hydrogens (tertiary/aromatic N) is 1. The van der Waals surface area contributed by atoms with E-state index in [9.17, 15) is 4.79 Å². The minimum atomic E-state index is -0.108. The predicted octanol–water partition coefficient (Wildman–Crippen LogP) is 5.38. The van der Waals surface area contributed by atoms with Crippen molar-refractivity contribution in [2.45, 2.75) is 12.8 Å². The Morgan fingerprint density at radius 1 is 1.03 bits per heavy atom. The first-order valence-corrected chi connectivity index (χ1v) is 12.2. The summed E-state index contributed by atoms with van der Waals surface area (Å²) in [4.78, 5) is 16.7. The molecule has 184 valence electrons. The molecule has 8 heteroatoms. The van der Waals surface area contributed by atoms with E-state index in [1.807, 2.05) is 30.5 Å². The fourth-order valence-corrected chi connectivity index (χ4v) is 5.07. The second-order valence-electron chi connectivity index (χ2n) is 9.11. The third-order valence-corrected chi connectivity index (χ3v) is 6.87. The Labute approximate surface area is 210 Å². The Hall–Kier alpha value is -4.72. The van der Waals surface area contributed by atoms with Crippen LogP contribution in [0.4, 0.5) is 0 Å². The van der Waals surface area contributed by atoms with Gasteiger partial charge in [-0.05, 0) is 47.0 Å². The third-order valence-electron chi connectivity index (χ3n) is 6.87. The van der Waals surface area contributed by atoms with Crippen LogP contribution in [-0.4, -0.2) is 35.5 Å². The lowest BCUT2D eigenvalue weighted by atomic mass is 10.0. The molecule has 8 nitrogen and oxygen atoms in total. The molecule has 0 saturated carbocycles. The highest BCUT2D eigenvalue weighted by Gasteiger charge is 2.20. The van der Waals surface area contributed by atoms with Crippen LogP contribution >= 0.6 is 0 Å². The van der Waals surface area contributed by atoms with Crippen molar-refractivity contribution in [2.24, 2.45) is 0 Å². The molecule has 1 aliphatic heterocycles. The molecule has 0 bridgehead atoms. The first-order chi connectivity index (χ1) is 18.2. The van der Waals surface area contributed by atoms with Gasteiger partial charge in [0, 0.05) is 41.4 Å². The number of pyridine rings is 1. The van der Waals surface area contributed by atoms with Crippen LogP contribution in [0.2, 0.25) is 0 Å². The summed E-state index contributed by atoms with van der Waals surface area (Å²) < 4.78 is 23.6. The van der Waals surface area contributed by atoms with Gasteiger partial charge >= 0.3 is 0 Å². The smallest absolute Gasteiger partial charge is 0.182 e. The van der Waals surface area contributed by atoms with Gasteiger partial charge < -0.3 is 23.7 Å². The van der Waals surface area contributed by atoms with Crippen LogP contribution in [0.1, 0.15) is 11.1 Å². The molecule has 3 aromatic heterocycles. The van der Waals surface area contributed by atoms with E-state index in [4.69, 9.17) is 23.6 Å². The monoisotopic (exact) mass is 493 g/mol. The molecule has 0 atom stereocenters. The average Bonchev–Trinajstić information content (AvgIpc) is 3.65. The molecule has 0 aliphatic carbocycles. The Morgan fingerprint density at radius 3 is 2.89 bits per heavy atom. The lowest BCUT2D eigenvalue weighted by Crippen LogP contribution is -2.03. The van der Waals surface area contributed by atoms with Gasteiger partial charge in [-0.2, -0.15) is 0 Å². The van der Waals surface area contributed by atoms with Gasteiger partial charge in [-0.3, -0.25) is 9.89 Å². The second kappa shape index (κ2) is 8.44. The normalized spacial score (nSPS) is 12.8. The first-order valence-electron chi connectivity index (χ1n) is 12.2. The Bertz CT molecular complexity index is 1860. The predicted molar refractivity (Wildman–Crippen MR) is 141 cm³/mol. The fourth-order valence-electron chi connectivity index (χ4n) is 5.07. The third kappa shape index (κ3) is 3.60. The standard InChI is InChI=1S/C29H23N3O5/c1-34-25-13-18(3-7-23(25)36-10-8-16-2-6-22-17(12-16)9-11-35-22)26-21-15-30-32-29(21)31-27-20-5-4-19(33)14-24(20)37-28(26)27/h2-7,12-15H,8-11H2,1H3,(H2,30,31,32). The molecule has 6 aromatic rings. The molecule has 1 aliphatic rings. The van der Waals surface area contributed by atoms with Gasteiger partial charge in [0.05, 0.1) is 20.3 Å². The summed E-state index contributed by atoms with van der Waals surface area (Å²) in [7, 11) is 1.63. The molecule has 0 amide bonds. The van der Waals surface area contributed by atoms with Crippen LogP contribution in [-0.2, 0) is 12.8 Å². The zero-order valence-corrected chi connectivity index (χ0v) is 20.1. The molecular formula is C29H23N3O5. The van der Waals surface area contributed by atoms with E-state index in [2.05, 4.69) is 22.3 Å². The summed E-state index contributed by atoms with van der Waals surface area (Å²) >= 11 is 0.